The number of urea groups is 1. The molecule has 0 radical (unpaired) electrons. The maximum Gasteiger partial charge on any atom is 0.326 e. The number of benzene rings is 2. The number of fused-ring (bicyclic) bond motifs is 1. The summed E-state index contributed by atoms with van der Waals surface area (Å²) in [5.41, 5.74) is 0.748. The summed E-state index contributed by atoms with van der Waals surface area (Å²) in [5.74, 6) is -4.11. The summed E-state index contributed by atoms with van der Waals surface area (Å²) in [4.78, 5) is 24.5. The number of hydrogen-bond donors (Lipinski definition) is 2. The summed E-state index contributed by atoms with van der Waals surface area (Å²) in [6.45, 7) is -0.762. The number of alkyl halides is 2. The molecule has 0 aliphatic carbocycles. The van der Waals surface area contributed by atoms with E-state index in [9.17, 15) is 23.5 Å². The van der Waals surface area contributed by atoms with E-state index in [1.54, 1.807) is 6.07 Å². The summed E-state index contributed by atoms with van der Waals surface area (Å²) >= 11 is 0. The number of likely N-dealkylation sites (tertiary alicyclic amines) is 1. The SMILES string of the molecule is O=C(O)[C@H](Cc1ccc2ccccc2c1)NC(=O)N1CCC(F)(F)C1. The van der Waals surface area contributed by atoms with Crippen LogP contribution in [0.2, 0.25) is 0 Å². The molecular formula is C18H18F2N2O3. The Hall–Kier alpha value is -2.70. The molecule has 1 aliphatic heterocycles. The third-order valence-electron chi connectivity index (χ3n) is 4.31. The van der Waals surface area contributed by atoms with Crippen molar-refractivity contribution in [1.82, 2.24) is 10.2 Å². The van der Waals surface area contributed by atoms with Gasteiger partial charge in [-0.25, -0.2) is 18.4 Å². The zero-order valence-corrected chi connectivity index (χ0v) is 13.4. The van der Waals surface area contributed by atoms with Crippen LogP contribution in [0.15, 0.2) is 42.5 Å². The number of carbonyl (C=O) groups is 2. The maximum atomic E-state index is 13.2. The second-order valence-electron chi connectivity index (χ2n) is 6.25. The van der Waals surface area contributed by atoms with Crippen molar-refractivity contribution in [3.63, 3.8) is 0 Å². The smallest absolute Gasteiger partial charge is 0.326 e. The van der Waals surface area contributed by atoms with Gasteiger partial charge >= 0.3 is 12.0 Å². The topological polar surface area (TPSA) is 69.6 Å². The maximum absolute atomic E-state index is 13.2. The Balaban J connectivity index is 1.70. The van der Waals surface area contributed by atoms with Gasteiger partial charge in [-0.2, -0.15) is 0 Å². The fourth-order valence-electron chi connectivity index (χ4n) is 2.95. The minimum Gasteiger partial charge on any atom is -0.480 e. The lowest BCUT2D eigenvalue weighted by atomic mass is 10.0. The summed E-state index contributed by atoms with van der Waals surface area (Å²) in [7, 11) is 0. The highest BCUT2D eigenvalue weighted by Gasteiger charge is 2.41. The quantitative estimate of drug-likeness (QED) is 0.893. The first-order valence-corrected chi connectivity index (χ1v) is 7.98. The number of carboxylic acid groups (broad SMARTS) is 1. The van der Waals surface area contributed by atoms with Gasteiger partial charge in [0.15, 0.2) is 0 Å². The van der Waals surface area contributed by atoms with Crippen molar-refractivity contribution in [2.24, 2.45) is 0 Å². The van der Waals surface area contributed by atoms with E-state index >= 15 is 0 Å². The van der Waals surface area contributed by atoms with Crippen LogP contribution in [0.3, 0.4) is 0 Å². The van der Waals surface area contributed by atoms with Gasteiger partial charge in [-0.3, -0.25) is 0 Å². The van der Waals surface area contributed by atoms with Crippen molar-refractivity contribution in [2.45, 2.75) is 24.8 Å². The minimum absolute atomic E-state index is 0.0795. The molecule has 0 bridgehead atoms. The first-order valence-electron chi connectivity index (χ1n) is 7.98. The number of nitrogens with one attached hydrogen (secondary N) is 1. The molecule has 2 N–H and O–H groups in total. The normalized spacial score (nSPS) is 17.4. The van der Waals surface area contributed by atoms with Crippen molar-refractivity contribution in [3.8, 4) is 0 Å². The van der Waals surface area contributed by atoms with E-state index in [-0.39, 0.29) is 13.0 Å². The minimum atomic E-state index is -2.91. The molecule has 1 atom stereocenters. The van der Waals surface area contributed by atoms with E-state index in [4.69, 9.17) is 0 Å². The molecule has 25 heavy (non-hydrogen) atoms. The van der Waals surface area contributed by atoms with Crippen molar-refractivity contribution in [3.05, 3.63) is 48.0 Å². The largest absolute Gasteiger partial charge is 0.480 e. The predicted molar refractivity (Wildman–Crippen MR) is 88.7 cm³/mol. The molecular weight excluding hydrogens is 330 g/mol. The number of carboxylic acids is 1. The second kappa shape index (κ2) is 6.66. The fourth-order valence-corrected chi connectivity index (χ4v) is 2.95. The Morgan fingerprint density at radius 1 is 1.20 bits per heavy atom. The Morgan fingerprint density at radius 2 is 1.92 bits per heavy atom. The molecule has 2 aromatic carbocycles. The first kappa shape index (κ1) is 17.1. The van der Waals surface area contributed by atoms with Gasteiger partial charge in [0.05, 0.1) is 6.54 Å². The number of halogens is 2. The third kappa shape index (κ3) is 4.04. The Bertz CT molecular complexity index is 810. The molecule has 0 saturated carbocycles. The van der Waals surface area contributed by atoms with Gasteiger partial charge in [0, 0.05) is 19.4 Å². The highest BCUT2D eigenvalue weighted by Crippen LogP contribution is 2.26. The molecule has 1 heterocycles. The van der Waals surface area contributed by atoms with E-state index in [1.165, 1.54) is 0 Å². The molecule has 132 valence electrons. The lowest BCUT2D eigenvalue weighted by Gasteiger charge is -2.21. The summed E-state index contributed by atoms with van der Waals surface area (Å²) in [6.07, 6.45) is -0.320. The number of aliphatic carboxylic acids is 1. The number of hydrogen-bond acceptors (Lipinski definition) is 2. The molecule has 2 aromatic rings. The van der Waals surface area contributed by atoms with Crippen molar-refractivity contribution < 1.29 is 23.5 Å². The monoisotopic (exact) mass is 348 g/mol. The molecule has 2 amide bonds. The Morgan fingerprint density at radius 3 is 2.56 bits per heavy atom. The van der Waals surface area contributed by atoms with Crippen LogP contribution in [0.25, 0.3) is 10.8 Å². The molecule has 1 saturated heterocycles. The van der Waals surface area contributed by atoms with E-state index in [2.05, 4.69) is 5.32 Å². The van der Waals surface area contributed by atoms with Gasteiger partial charge in [0.25, 0.3) is 5.92 Å². The molecule has 0 unspecified atom stereocenters. The Labute approximate surface area is 143 Å². The number of rotatable bonds is 4. The highest BCUT2D eigenvalue weighted by atomic mass is 19.3. The van der Waals surface area contributed by atoms with E-state index in [0.29, 0.717) is 0 Å². The van der Waals surface area contributed by atoms with Gasteiger partial charge in [0.2, 0.25) is 0 Å². The third-order valence-corrected chi connectivity index (χ3v) is 4.31. The van der Waals surface area contributed by atoms with Crippen LogP contribution in [0.5, 0.6) is 0 Å². The number of amides is 2. The molecule has 7 heteroatoms. The van der Waals surface area contributed by atoms with Crippen molar-refractivity contribution in [2.75, 3.05) is 13.1 Å². The molecule has 0 spiro atoms. The number of nitrogens with zero attached hydrogens (tertiary/aromatic N) is 1. The predicted octanol–water partition coefficient (Wildman–Crippen LogP) is 2.89. The van der Waals surface area contributed by atoms with Crippen LogP contribution in [-0.2, 0) is 11.2 Å². The van der Waals surface area contributed by atoms with Crippen LogP contribution in [0.1, 0.15) is 12.0 Å². The van der Waals surface area contributed by atoms with E-state index in [0.717, 1.165) is 21.2 Å². The van der Waals surface area contributed by atoms with Crippen LogP contribution in [-0.4, -0.2) is 47.1 Å². The van der Waals surface area contributed by atoms with Crippen LogP contribution in [0, 0.1) is 0 Å². The highest BCUT2D eigenvalue weighted by molar-refractivity contribution is 5.85. The van der Waals surface area contributed by atoms with E-state index < -0.39 is 36.9 Å². The molecule has 5 nitrogen and oxygen atoms in total. The molecule has 1 aliphatic rings. The van der Waals surface area contributed by atoms with Gasteiger partial charge in [-0.15, -0.1) is 0 Å². The molecule has 0 aromatic heterocycles. The lowest BCUT2D eigenvalue weighted by Crippen LogP contribution is -2.48. The zero-order valence-electron chi connectivity index (χ0n) is 13.4. The van der Waals surface area contributed by atoms with Gasteiger partial charge in [-0.05, 0) is 16.3 Å². The Kier molecular flexibility index (Phi) is 4.57. The number of carbonyl (C=O) groups excluding carboxylic acids is 1. The second-order valence-corrected chi connectivity index (χ2v) is 6.25. The fraction of sp³-hybridized carbons (Fsp3) is 0.333. The van der Waals surface area contributed by atoms with Crippen molar-refractivity contribution in [1.29, 1.82) is 0 Å². The molecule has 3 rings (SSSR count). The zero-order chi connectivity index (χ0) is 18.0. The molecule has 1 fully saturated rings. The first-order chi connectivity index (χ1) is 11.8. The summed E-state index contributed by atoms with van der Waals surface area (Å²) in [6, 6.07) is 11.3. The standard InChI is InChI=1S/C18H18F2N2O3/c19-18(20)7-8-22(11-18)17(25)21-15(16(23)24)10-12-5-6-13-3-1-2-4-14(13)9-12/h1-6,9,15H,7-8,10-11H2,(H,21,25)(H,23,24)/t15-/m0/s1. The average Bonchev–Trinajstić information content (AvgIpc) is 2.94. The van der Waals surface area contributed by atoms with Crippen LogP contribution in [0.4, 0.5) is 13.6 Å². The van der Waals surface area contributed by atoms with Gasteiger partial charge < -0.3 is 15.3 Å². The lowest BCUT2D eigenvalue weighted by molar-refractivity contribution is -0.139. The van der Waals surface area contributed by atoms with Crippen LogP contribution < -0.4 is 5.32 Å². The van der Waals surface area contributed by atoms with Crippen LogP contribution >= 0.6 is 0 Å². The average molecular weight is 348 g/mol. The van der Waals surface area contributed by atoms with Gasteiger partial charge in [0.1, 0.15) is 6.04 Å². The van der Waals surface area contributed by atoms with Gasteiger partial charge in [-0.1, -0.05) is 42.5 Å². The van der Waals surface area contributed by atoms with Crippen molar-refractivity contribution >= 4 is 22.8 Å². The van der Waals surface area contributed by atoms with E-state index in [1.807, 2.05) is 36.4 Å². The summed E-state index contributed by atoms with van der Waals surface area (Å²) < 4.78 is 26.4. The summed E-state index contributed by atoms with van der Waals surface area (Å²) in [5, 5.41) is 13.7.